The third kappa shape index (κ3) is 2.81. The Hall–Kier alpha value is -1.71. The van der Waals surface area contributed by atoms with Crippen LogP contribution in [0, 0.1) is 17.8 Å². The summed E-state index contributed by atoms with van der Waals surface area (Å²) in [6.45, 7) is 0. The van der Waals surface area contributed by atoms with E-state index in [1.54, 1.807) is 0 Å². The van der Waals surface area contributed by atoms with Crippen LogP contribution in [0.2, 0.25) is 10.0 Å². The van der Waals surface area contributed by atoms with Gasteiger partial charge in [-0.2, -0.15) is 0 Å². The van der Waals surface area contributed by atoms with Crippen LogP contribution >= 0.6 is 23.2 Å². The van der Waals surface area contributed by atoms with E-state index >= 15 is 0 Å². The van der Waals surface area contributed by atoms with Crippen molar-refractivity contribution in [3.8, 4) is 0 Å². The van der Waals surface area contributed by atoms with Gasteiger partial charge >= 0.3 is 0 Å². The van der Waals surface area contributed by atoms with Gasteiger partial charge in [0.1, 0.15) is 0 Å². The van der Waals surface area contributed by atoms with Crippen LogP contribution in [0.15, 0.2) is 53.7 Å². The molecule has 1 atom stereocenters. The van der Waals surface area contributed by atoms with E-state index in [-0.39, 0.29) is 11.8 Å². The largest absolute Gasteiger partial charge is 0.363 e. The highest BCUT2D eigenvalue weighted by Gasteiger charge is 2.58. The fourth-order valence-electron chi connectivity index (χ4n) is 6.84. The van der Waals surface area contributed by atoms with Crippen molar-refractivity contribution in [2.24, 2.45) is 22.9 Å². The Kier molecular flexibility index (Phi) is 4.15. The number of oxime groups is 1. The SMILES string of the molecule is Clc1cccc(Cl)c1[C@H]1ON=C(c2ccccc2)N1C12CC3CC(CC(C3)C1)C2. The molecule has 3 nitrogen and oxygen atoms in total. The number of halogens is 2. The molecule has 1 heterocycles. The molecule has 0 radical (unpaired) electrons. The summed E-state index contributed by atoms with van der Waals surface area (Å²) in [5.74, 6) is 3.39. The average Bonchev–Trinajstić information content (AvgIpc) is 3.13. The molecular formula is C24H24Cl2N2O. The molecule has 150 valence electrons. The molecule has 7 rings (SSSR count). The van der Waals surface area contributed by atoms with Crippen LogP contribution in [0.4, 0.5) is 0 Å². The highest BCUT2D eigenvalue weighted by Crippen LogP contribution is 2.60. The van der Waals surface area contributed by atoms with E-state index in [0.717, 1.165) is 34.7 Å². The fraction of sp³-hybridized carbons (Fsp3) is 0.458. The average molecular weight is 427 g/mol. The van der Waals surface area contributed by atoms with Gasteiger partial charge in [-0.05, 0) is 68.4 Å². The predicted octanol–water partition coefficient (Wildman–Crippen LogP) is 6.65. The van der Waals surface area contributed by atoms with Gasteiger partial charge in [-0.3, -0.25) is 0 Å². The first-order valence-corrected chi connectivity index (χ1v) is 11.4. The molecule has 4 fully saturated rings. The van der Waals surface area contributed by atoms with Crippen LogP contribution in [-0.2, 0) is 4.84 Å². The second-order valence-corrected chi connectivity index (χ2v) is 10.2. The van der Waals surface area contributed by atoms with E-state index in [2.05, 4.69) is 34.3 Å². The normalized spacial score (nSPS) is 35.0. The Labute approximate surface area is 181 Å². The number of benzene rings is 2. The Balaban J connectivity index is 1.49. The van der Waals surface area contributed by atoms with E-state index in [1.807, 2.05) is 24.3 Å². The van der Waals surface area contributed by atoms with Crippen molar-refractivity contribution in [1.29, 1.82) is 0 Å². The highest BCUT2D eigenvalue weighted by atomic mass is 35.5. The third-order valence-corrected chi connectivity index (χ3v) is 8.16. The Morgan fingerprint density at radius 3 is 2.00 bits per heavy atom. The maximum atomic E-state index is 6.63. The summed E-state index contributed by atoms with van der Waals surface area (Å²) in [7, 11) is 0. The van der Waals surface area contributed by atoms with E-state index < -0.39 is 0 Å². The molecule has 0 amide bonds. The van der Waals surface area contributed by atoms with Gasteiger partial charge in [-0.1, -0.05) is 64.8 Å². The van der Waals surface area contributed by atoms with E-state index in [0.29, 0.717) is 10.0 Å². The van der Waals surface area contributed by atoms with Crippen LogP contribution in [0.5, 0.6) is 0 Å². The lowest BCUT2D eigenvalue weighted by Gasteiger charge is -2.60. The van der Waals surface area contributed by atoms with Gasteiger partial charge in [-0.15, -0.1) is 0 Å². The highest BCUT2D eigenvalue weighted by molar-refractivity contribution is 6.36. The molecule has 0 aromatic heterocycles. The van der Waals surface area contributed by atoms with Gasteiger partial charge in [0.05, 0.1) is 15.6 Å². The van der Waals surface area contributed by atoms with Gasteiger partial charge in [0.2, 0.25) is 6.23 Å². The summed E-state index contributed by atoms with van der Waals surface area (Å²) < 4.78 is 0. The van der Waals surface area contributed by atoms with Gasteiger partial charge in [0.15, 0.2) is 5.84 Å². The van der Waals surface area contributed by atoms with E-state index in [9.17, 15) is 0 Å². The zero-order valence-electron chi connectivity index (χ0n) is 16.2. The summed E-state index contributed by atoms with van der Waals surface area (Å²) in [6, 6.07) is 16.1. The zero-order valence-corrected chi connectivity index (χ0v) is 17.7. The molecule has 4 saturated carbocycles. The minimum atomic E-state index is -0.373. The number of amidine groups is 1. The van der Waals surface area contributed by atoms with Crippen LogP contribution < -0.4 is 0 Å². The first-order valence-electron chi connectivity index (χ1n) is 10.7. The summed E-state index contributed by atoms with van der Waals surface area (Å²) in [4.78, 5) is 8.57. The first kappa shape index (κ1) is 18.1. The molecule has 0 unspecified atom stereocenters. The lowest BCUT2D eigenvalue weighted by Crippen LogP contribution is -2.61. The van der Waals surface area contributed by atoms with Gasteiger partial charge in [0.25, 0.3) is 0 Å². The monoisotopic (exact) mass is 426 g/mol. The molecule has 5 aliphatic rings. The van der Waals surface area contributed by atoms with Crippen LogP contribution in [0.1, 0.15) is 55.9 Å². The molecule has 2 aromatic rings. The molecule has 0 spiro atoms. The minimum absolute atomic E-state index is 0.0765. The quantitative estimate of drug-likeness (QED) is 0.548. The standard InChI is InChI=1S/C24H24Cl2N2O/c25-19-7-4-8-20(26)21(19)23-28(22(27-29-23)18-5-2-1-3-6-18)24-12-15-9-16(13-24)11-17(10-15)14-24/h1-8,15-17,23H,9-14H2/t15?,16?,17?,23-,24?/m1/s1. The second-order valence-electron chi connectivity index (χ2n) is 9.39. The first-order chi connectivity index (χ1) is 14.1. The molecule has 5 heteroatoms. The summed E-state index contributed by atoms with van der Waals surface area (Å²) >= 11 is 13.3. The van der Waals surface area contributed by atoms with Crippen LogP contribution in [0.3, 0.4) is 0 Å². The van der Waals surface area contributed by atoms with Crippen molar-refractivity contribution >= 4 is 29.0 Å². The van der Waals surface area contributed by atoms with E-state index in [1.165, 1.54) is 38.5 Å². The molecule has 0 saturated heterocycles. The topological polar surface area (TPSA) is 24.8 Å². The molecule has 4 bridgehead atoms. The summed E-state index contributed by atoms with van der Waals surface area (Å²) in [5.41, 5.74) is 2.00. The Bertz CT molecular complexity index is 919. The maximum absolute atomic E-state index is 6.63. The number of hydrogen-bond acceptors (Lipinski definition) is 3. The van der Waals surface area contributed by atoms with Crippen molar-refractivity contribution in [2.75, 3.05) is 0 Å². The smallest absolute Gasteiger partial charge is 0.230 e. The lowest BCUT2D eigenvalue weighted by molar-refractivity contribution is -0.116. The zero-order chi connectivity index (χ0) is 19.6. The minimum Gasteiger partial charge on any atom is -0.363 e. The van der Waals surface area contributed by atoms with Crippen molar-refractivity contribution in [3.63, 3.8) is 0 Å². The van der Waals surface area contributed by atoms with Gasteiger partial charge < -0.3 is 9.74 Å². The second kappa shape index (κ2) is 6.65. The molecule has 29 heavy (non-hydrogen) atoms. The fourth-order valence-corrected chi connectivity index (χ4v) is 7.43. The van der Waals surface area contributed by atoms with Gasteiger partial charge in [-0.25, -0.2) is 0 Å². The number of hydrogen-bond donors (Lipinski definition) is 0. The molecule has 1 aliphatic heterocycles. The number of nitrogens with zero attached hydrogens (tertiary/aromatic N) is 2. The van der Waals surface area contributed by atoms with Crippen LogP contribution in [0.25, 0.3) is 0 Å². The lowest BCUT2D eigenvalue weighted by atomic mass is 9.52. The summed E-state index contributed by atoms with van der Waals surface area (Å²) in [6.07, 6.45) is 7.45. The predicted molar refractivity (Wildman–Crippen MR) is 116 cm³/mol. The van der Waals surface area contributed by atoms with Crippen LogP contribution in [-0.4, -0.2) is 16.3 Å². The third-order valence-electron chi connectivity index (χ3n) is 7.50. The Morgan fingerprint density at radius 2 is 1.41 bits per heavy atom. The molecule has 2 aromatic carbocycles. The van der Waals surface area contributed by atoms with Crippen molar-refractivity contribution < 1.29 is 4.84 Å². The number of rotatable bonds is 3. The molecule has 0 N–H and O–H groups in total. The van der Waals surface area contributed by atoms with Gasteiger partial charge in [0, 0.05) is 11.1 Å². The van der Waals surface area contributed by atoms with Crippen molar-refractivity contribution in [3.05, 3.63) is 69.7 Å². The molecular weight excluding hydrogens is 403 g/mol. The van der Waals surface area contributed by atoms with Crippen molar-refractivity contribution in [1.82, 2.24) is 4.90 Å². The molecule has 4 aliphatic carbocycles. The Morgan fingerprint density at radius 1 is 0.828 bits per heavy atom. The van der Waals surface area contributed by atoms with E-state index in [4.69, 9.17) is 28.0 Å². The maximum Gasteiger partial charge on any atom is 0.230 e. The summed E-state index contributed by atoms with van der Waals surface area (Å²) in [5, 5.41) is 5.89. The van der Waals surface area contributed by atoms with Crippen molar-refractivity contribution in [2.45, 2.75) is 50.3 Å².